The molecule has 1 aliphatic rings. The summed E-state index contributed by atoms with van der Waals surface area (Å²) in [5, 5.41) is 0.866. The van der Waals surface area contributed by atoms with Gasteiger partial charge in [-0.15, -0.1) is 0 Å². The maximum Gasteiger partial charge on any atom is 0.339 e. The monoisotopic (exact) mass is 377 g/mol. The van der Waals surface area contributed by atoms with Gasteiger partial charge in [-0.25, -0.2) is 4.79 Å². The van der Waals surface area contributed by atoms with E-state index in [4.69, 9.17) is 9.15 Å². The van der Waals surface area contributed by atoms with Crippen LogP contribution in [-0.2, 0) is 17.6 Å². The molecule has 0 fully saturated rings. The third kappa shape index (κ3) is 3.07. The summed E-state index contributed by atoms with van der Waals surface area (Å²) in [6, 6.07) is 11.6. The molecule has 1 aromatic heterocycles. The number of carbonyl (C=O) groups excluding carboxylic acids is 1. The van der Waals surface area contributed by atoms with Crippen LogP contribution < -0.4 is 15.3 Å². The lowest BCUT2D eigenvalue weighted by Crippen LogP contribution is -2.30. The lowest BCUT2D eigenvalue weighted by molar-refractivity contribution is -0.118. The molecule has 0 aliphatic carbocycles. The number of hydrogen-bond donors (Lipinski definition) is 0. The molecule has 2 heterocycles. The van der Waals surface area contributed by atoms with Gasteiger partial charge in [0, 0.05) is 35.7 Å². The second kappa shape index (κ2) is 7.15. The average Bonchev–Trinajstić information content (AvgIpc) is 3.12. The first-order valence-electron chi connectivity index (χ1n) is 9.49. The van der Waals surface area contributed by atoms with Crippen molar-refractivity contribution in [2.45, 2.75) is 33.1 Å². The standard InChI is InChI=1S/C23H23NO4/c1-14-5-4-6-16-11-12-24(22(14)16)21(25)10-9-19-15(2)18-8-7-17(27-3)13-20(18)28-23(19)26/h4-8,13H,9-12H2,1-3H3. The van der Waals surface area contributed by atoms with E-state index in [2.05, 4.69) is 6.07 Å². The van der Waals surface area contributed by atoms with Gasteiger partial charge in [0.1, 0.15) is 11.3 Å². The Hall–Kier alpha value is -3.08. The SMILES string of the molecule is COc1ccc2c(C)c(CCC(=O)N3CCc4cccc(C)c43)c(=O)oc2c1. The second-order valence-corrected chi connectivity index (χ2v) is 7.23. The van der Waals surface area contributed by atoms with Crippen LogP contribution in [0.3, 0.4) is 0 Å². The first-order valence-corrected chi connectivity index (χ1v) is 9.49. The fourth-order valence-corrected chi connectivity index (χ4v) is 4.06. The van der Waals surface area contributed by atoms with Crippen molar-refractivity contribution in [2.75, 3.05) is 18.6 Å². The van der Waals surface area contributed by atoms with E-state index in [1.165, 1.54) is 5.56 Å². The molecule has 144 valence electrons. The zero-order chi connectivity index (χ0) is 19.8. The molecule has 0 unspecified atom stereocenters. The molecule has 5 nitrogen and oxygen atoms in total. The number of hydrogen-bond acceptors (Lipinski definition) is 4. The van der Waals surface area contributed by atoms with E-state index in [0.29, 0.717) is 29.9 Å². The molecule has 0 atom stereocenters. The molecule has 4 rings (SSSR count). The zero-order valence-corrected chi connectivity index (χ0v) is 16.4. The van der Waals surface area contributed by atoms with Crippen molar-refractivity contribution in [1.82, 2.24) is 0 Å². The first-order chi connectivity index (χ1) is 13.5. The fourth-order valence-electron chi connectivity index (χ4n) is 4.06. The molecule has 2 aromatic carbocycles. The van der Waals surface area contributed by atoms with Crippen LogP contribution in [0.25, 0.3) is 11.0 Å². The van der Waals surface area contributed by atoms with Crippen LogP contribution in [0, 0.1) is 13.8 Å². The maximum atomic E-state index is 12.9. The van der Waals surface area contributed by atoms with Gasteiger partial charge >= 0.3 is 5.63 Å². The van der Waals surface area contributed by atoms with Gasteiger partial charge in [-0.1, -0.05) is 18.2 Å². The van der Waals surface area contributed by atoms with E-state index < -0.39 is 0 Å². The molecular formula is C23H23NO4. The molecule has 0 radical (unpaired) electrons. The van der Waals surface area contributed by atoms with E-state index in [-0.39, 0.29) is 18.0 Å². The van der Waals surface area contributed by atoms with Crippen LogP contribution in [0.1, 0.15) is 28.7 Å². The van der Waals surface area contributed by atoms with E-state index in [1.807, 2.05) is 43.0 Å². The Morgan fingerprint density at radius 3 is 2.82 bits per heavy atom. The third-order valence-corrected chi connectivity index (χ3v) is 5.58. The van der Waals surface area contributed by atoms with Crippen molar-refractivity contribution in [1.29, 1.82) is 0 Å². The molecule has 0 saturated carbocycles. The van der Waals surface area contributed by atoms with Gasteiger partial charge in [0.2, 0.25) is 5.91 Å². The fraction of sp³-hybridized carbons (Fsp3) is 0.304. The van der Waals surface area contributed by atoms with Crippen molar-refractivity contribution in [3.05, 3.63) is 69.1 Å². The normalized spacial score (nSPS) is 13.0. The van der Waals surface area contributed by atoms with Gasteiger partial charge < -0.3 is 14.1 Å². The first kappa shape index (κ1) is 18.3. The predicted octanol–water partition coefficient (Wildman–Crippen LogP) is 3.94. The third-order valence-electron chi connectivity index (χ3n) is 5.58. The number of ether oxygens (including phenoxy) is 1. The summed E-state index contributed by atoms with van der Waals surface area (Å²) in [5.41, 5.74) is 4.89. The van der Waals surface area contributed by atoms with E-state index in [9.17, 15) is 9.59 Å². The Kier molecular flexibility index (Phi) is 4.67. The van der Waals surface area contributed by atoms with Crippen molar-refractivity contribution in [2.24, 2.45) is 0 Å². The number of anilines is 1. The topological polar surface area (TPSA) is 59.8 Å². The molecule has 0 spiro atoms. The lowest BCUT2D eigenvalue weighted by atomic mass is 10.0. The minimum Gasteiger partial charge on any atom is -0.497 e. The van der Waals surface area contributed by atoms with Crippen molar-refractivity contribution < 1.29 is 13.9 Å². The van der Waals surface area contributed by atoms with E-state index >= 15 is 0 Å². The summed E-state index contributed by atoms with van der Waals surface area (Å²) in [6.45, 7) is 4.63. The molecule has 1 aliphatic heterocycles. The summed E-state index contributed by atoms with van der Waals surface area (Å²) in [4.78, 5) is 27.2. The van der Waals surface area contributed by atoms with E-state index in [1.54, 1.807) is 13.2 Å². The van der Waals surface area contributed by atoms with Crippen molar-refractivity contribution in [3.63, 3.8) is 0 Å². The highest BCUT2D eigenvalue weighted by Gasteiger charge is 2.26. The molecule has 0 bridgehead atoms. The molecule has 1 amide bonds. The Labute approximate surface area is 163 Å². The lowest BCUT2D eigenvalue weighted by Gasteiger charge is -2.19. The van der Waals surface area contributed by atoms with Crippen LogP contribution in [0.5, 0.6) is 5.75 Å². The van der Waals surface area contributed by atoms with Gasteiger partial charge in [0.15, 0.2) is 0 Å². The highest BCUT2D eigenvalue weighted by atomic mass is 16.5. The average molecular weight is 377 g/mol. The molecular weight excluding hydrogens is 354 g/mol. The molecule has 28 heavy (non-hydrogen) atoms. The minimum absolute atomic E-state index is 0.0432. The summed E-state index contributed by atoms with van der Waals surface area (Å²) in [6.07, 6.45) is 1.52. The number of aryl methyl sites for hydroxylation is 2. The van der Waals surface area contributed by atoms with Crippen LogP contribution >= 0.6 is 0 Å². The summed E-state index contributed by atoms with van der Waals surface area (Å²) in [7, 11) is 1.57. The Balaban J connectivity index is 1.58. The number of para-hydroxylation sites is 1. The van der Waals surface area contributed by atoms with Crippen LogP contribution in [0.15, 0.2) is 45.6 Å². The number of fused-ring (bicyclic) bond motifs is 2. The van der Waals surface area contributed by atoms with Crippen molar-refractivity contribution >= 4 is 22.6 Å². The number of nitrogens with zero attached hydrogens (tertiary/aromatic N) is 1. The van der Waals surface area contributed by atoms with Gasteiger partial charge in [-0.2, -0.15) is 0 Å². The predicted molar refractivity (Wildman–Crippen MR) is 109 cm³/mol. The molecule has 3 aromatic rings. The highest BCUT2D eigenvalue weighted by molar-refractivity contribution is 5.96. The highest BCUT2D eigenvalue weighted by Crippen LogP contribution is 2.32. The zero-order valence-electron chi connectivity index (χ0n) is 16.4. The van der Waals surface area contributed by atoms with Gasteiger partial charge in [0.25, 0.3) is 0 Å². The molecule has 0 saturated heterocycles. The Morgan fingerprint density at radius 1 is 1.21 bits per heavy atom. The van der Waals surface area contributed by atoms with Crippen LogP contribution in [0.2, 0.25) is 0 Å². The summed E-state index contributed by atoms with van der Waals surface area (Å²) in [5.74, 6) is 0.683. The van der Waals surface area contributed by atoms with Crippen LogP contribution in [0.4, 0.5) is 5.69 Å². The van der Waals surface area contributed by atoms with Gasteiger partial charge in [-0.3, -0.25) is 4.79 Å². The Morgan fingerprint density at radius 2 is 2.04 bits per heavy atom. The largest absolute Gasteiger partial charge is 0.497 e. The minimum atomic E-state index is -0.385. The van der Waals surface area contributed by atoms with Crippen molar-refractivity contribution in [3.8, 4) is 5.75 Å². The van der Waals surface area contributed by atoms with Gasteiger partial charge in [0.05, 0.1) is 7.11 Å². The number of methoxy groups -OCH3 is 1. The number of amides is 1. The smallest absolute Gasteiger partial charge is 0.339 e. The second-order valence-electron chi connectivity index (χ2n) is 7.23. The Bertz CT molecular complexity index is 1130. The molecule has 5 heteroatoms. The summed E-state index contributed by atoms with van der Waals surface area (Å²) >= 11 is 0. The quantitative estimate of drug-likeness (QED) is 0.646. The summed E-state index contributed by atoms with van der Waals surface area (Å²) < 4.78 is 10.7. The number of carbonyl (C=O) groups is 1. The van der Waals surface area contributed by atoms with Crippen LogP contribution in [-0.4, -0.2) is 19.6 Å². The molecule has 0 N–H and O–H groups in total. The van der Waals surface area contributed by atoms with E-state index in [0.717, 1.165) is 28.6 Å². The number of benzene rings is 2. The number of rotatable bonds is 4. The maximum absolute atomic E-state index is 12.9. The van der Waals surface area contributed by atoms with Gasteiger partial charge in [-0.05, 0) is 55.5 Å².